The molecule has 1 heterocycles. The van der Waals surface area contributed by atoms with E-state index in [1.165, 1.54) is 18.2 Å². The molecule has 4 nitrogen and oxygen atoms in total. The van der Waals surface area contributed by atoms with Crippen LogP contribution in [-0.4, -0.2) is 43.8 Å². The minimum absolute atomic E-state index is 0.371. The Balaban J connectivity index is 1.44. The van der Waals surface area contributed by atoms with Crippen LogP contribution in [-0.2, 0) is 16.6 Å². The third kappa shape index (κ3) is 5.43. The highest BCUT2D eigenvalue weighted by Crippen LogP contribution is 2.27. The molecule has 5 rings (SSSR count). The van der Waals surface area contributed by atoms with Crippen molar-refractivity contribution in [3.63, 3.8) is 0 Å². The summed E-state index contributed by atoms with van der Waals surface area (Å²) in [5.41, 5.74) is 1.02. The summed E-state index contributed by atoms with van der Waals surface area (Å²) in [7, 11) is -3.64. The number of hydrogen-bond donors (Lipinski definition) is 0. The average Bonchev–Trinajstić information content (AvgIpc) is 2.90. The third-order valence-electron chi connectivity index (χ3n) is 7.37. The molecule has 182 valence electrons. The Morgan fingerprint density at radius 2 is 1.51 bits per heavy atom. The molecule has 35 heavy (non-hydrogen) atoms. The molecule has 1 atom stereocenters. The summed E-state index contributed by atoms with van der Waals surface area (Å²) < 4.78 is 29.6. The van der Waals surface area contributed by atoms with Gasteiger partial charge in [-0.2, -0.15) is 4.31 Å². The fourth-order valence-electron chi connectivity index (χ4n) is 5.30. The number of piperidine rings is 1. The van der Waals surface area contributed by atoms with Gasteiger partial charge in [-0.25, -0.2) is 8.42 Å². The molecule has 1 aliphatic rings. The molecule has 0 amide bonds. The van der Waals surface area contributed by atoms with Crippen LogP contribution in [0.15, 0.2) is 89.8 Å². The van der Waals surface area contributed by atoms with E-state index in [1.54, 1.807) is 10.4 Å². The Morgan fingerprint density at radius 1 is 0.857 bits per heavy atom. The molecule has 1 aliphatic heterocycles. The number of fused-ring (bicyclic) bond motifs is 2. The normalized spacial score (nSPS) is 17.4. The lowest BCUT2D eigenvalue weighted by molar-refractivity contribution is 0.170. The van der Waals surface area contributed by atoms with Crippen molar-refractivity contribution in [3.8, 4) is 0 Å². The molecule has 1 fully saturated rings. The molecule has 0 spiro atoms. The fourth-order valence-corrected chi connectivity index (χ4v) is 6.78. The number of benzene rings is 4. The maximum Gasteiger partial charge on any atom is 0.243 e. The lowest BCUT2D eigenvalue weighted by atomic mass is 9.95. The molecular weight excluding hydrogens is 452 g/mol. The van der Waals surface area contributed by atoms with Crippen LogP contribution in [0.2, 0.25) is 0 Å². The first-order chi connectivity index (χ1) is 17.0. The summed E-state index contributed by atoms with van der Waals surface area (Å²) in [6.07, 6.45) is 3.26. The van der Waals surface area contributed by atoms with E-state index in [0.717, 1.165) is 47.8 Å². The Bertz CT molecular complexity index is 1420. The van der Waals surface area contributed by atoms with Gasteiger partial charge in [0.2, 0.25) is 10.0 Å². The zero-order chi connectivity index (χ0) is 24.3. The van der Waals surface area contributed by atoms with Gasteiger partial charge in [-0.15, -0.1) is 0 Å². The number of hydrogen-bond acceptors (Lipinski definition) is 3. The standard InChI is InChI=1S/C30H34N2O2S/c1-2-31-18-7-8-24(22-31)17-19-32(23-25-13-14-26-9-3-5-11-28(26)20-25)35(33,34)30-16-15-27-10-4-6-12-29(27)21-30/h3-6,9-16,20-21,24H,2,7-8,17-19,22-23H2,1H3. The maximum atomic E-state index is 14.0. The van der Waals surface area contributed by atoms with Gasteiger partial charge >= 0.3 is 0 Å². The molecule has 0 aromatic heterocycles. The number of rotatable bonds is 8. The highest BCUT2D eigenvalue weighted by atomic mass is 32.2. The van der Waals surface area contributed by atoms with Gasteiger partial charge in [0.05, 0.1) is 4.90 Å². The van der Waals surface area contributed by atoms with Crippen LogP contribution in [0.1, 0.15) is 31.7 Å². The second kappa shape index (κ2) is 10.5. The average molecular weight is 487 g/mol. The number of nitrogens with zero attached hydrogens (tertiary/aromatic N) is 2. The van der Waals surface area contributed by atoms with Crippen molar-refractivity contribution in [2.75, 3.05) is 26.2 Å². The molecular formula is C30H34N2O2S. The summed E-state index contributed by atoms with van der Waals surface area (Å²) >= 11 is 0. The molecule has 5 heteroatoms. The van der Waals surface area contributed by atoms with Crippen molar-refractivity contribution in [1.29, 1.82) is 0 Å². The van der Waals surface area contributed by atoms with E-state index >= 15 is 0 Å². The molecule has 1 saturated heterocycles. The maximum absolute atomic E-state index is 14.0. The zero-order valence-electron chi connectivity index (χ0n) is 20.4. The number of sulfonamides is 1. The van der Waals surface area contributed by atoms with Gasteiger partial charge in [-0.1, -0.05) is 73.7 Å². The predicted octanol–water partition coefficient (Wildman–Crippen LogP) is 6.31. The zero-order valence-corrected chi connectivity index (χ0v) is 21.3. The third-order valence-corrected chi connectivity index (χ3v) is 9.21. The lowest BCUT2D eigenvalue weighted by Crippen LogP contribution is -2.38. The van der Waals surface area contributed by atoms with Crippen LogP contribution in [0.5, 0.6) is 0 Å². The molecule has 0 N–H and O–H groups in total. The van der Waals surface area contributed by atoms with Gasteiger partial charge < -0.3 is 4.90 Å². The van der Waals surface area contributed by atoms with E-state index in [1.807, 2.05) is 48.5 Å². The molecule has 1 unspecified atom stereocenters. The second-order valence-electron chi connectivity index (χ2n) is 9.72. The molecule has 0 saturated carbocycles. The van der Waals surface area contributed by atoms with E-state index in [2.05, 4.69) is 42.2 Å². The molecule has 4 aromatic rings. The first kappa shape index (κ1) is 24.0. The van der Waals surface area contributed by atoms with Crippen molar-refractivity contribution in [3.05, 3.63) is 90.5 Å². The Hall–Kier alpha value is -2.73. The lowest BCUT2D eigenvalue weighted by Gasteiger charge is -2.33. The summed E-state index contributed by atoms with van der Waals surface area (Å²) in [5.74, 6) is 0.537. The van der Waals surface area contributed by atoms with Crippen LogP contribution in [0.4, 0.5) is 0 Å². The highest BCUT2D eigenvalue weighted by molar-refractivity contribution is 7.89. The topological polar surface area (TPSA) is 40.6 Å². The smallest absolute Gasteiger partial charge is 0.243 e. The first-order valence-electron chi connectivity index (χ1n) is 12.7. The van der Waals surface area contributed by atoms with E-state index < -0.39 is 10.0 Å². The summed E-state index contributed by atoms with van der Waals surface area (Å²) in [6, 6.07) is 27.9. The van der Waals surface area contributed by atoms with Gasteiger partial charge in [-0.3, -0.25) is 0 Å². The van der Waals surface area contributed by atoms with E-state index in [4.69, 9.17) is 0 Å². The minimum Gasteiger partial charge on any atom is -0.303 e. The first-order valence-corrected chi connectivity index (χ1v) is 14.2. The van der Waals surface area contributed by atoms with Gasteiger partial charge in [0.15, 0.2) is 0 Å². The van der Waals surface area contributed by atoms with Crippen LogP contribution >= 0.6 is 0 Å². The van der Waals surface area contributed by atoms with Crippen molar-refractivity contribution in [1.82, 2.24) is 9.21 Å². The largest absolute Gasteiger partial charge is 0.303 e. The molecule has 0 bridgehead atoms. The van der Waals surface area contributed by atoms with Crippen molar-refractivity contribution in [2.45, 2.75) is 37.6 Å². The van der Waals surface area contributed by atoms with Crippen LogP contribution < -0.4 is 0 Å². The van der Waals surface area contributed by atoms with Gasteiger partial charge in [-0.05, 0) is 83.6 Å². The fraction of sp³-hybridized carbons (Fsp3) is 0.333. The summed E-state index contributed by atoms with van der Waals surface area (Å²) in [4.78, 5) is 2.86. The number of likely N-dealkylation sites (tertiary alicyclic amines) is 1. The molecule has 0 radical (unpaired) electrons. The Labute approximate surface area is 209 Å². The van der Waals surface area contributed by atoms with Crippen molar-refractivity contribution < 1.29 is 8.42 Å². The van der Waals surface area contributed by atoms with Gasteiger partial charge in [0.25, 0.3) is 0 Å². The summed E-state index contributed by atoms with van der Waals surface area (Å²) in [6.45, 7) is 6.40. The SMILES string of the molecule is CCN1CCCC(CCN(Cc2ccc3ccccc3c2)S(=O)(=O)c2ccc3ccccc3c2)C1. The van der Waals surface area contributed by atoms with E-state index in [-0.39, 0.29) is 0 Å². The highest BCUT2D eigenvalue weighted by Gasteiger charge is 2.27. The van der Waals surface area contributed by atoms with Crippen LogP contribution in [0.25, 0.3) is 21.5 Å². The molecule has 0 aliphatic carbocycles. The van der Waals surface area contributed by atoms with Crippen LogP contribution in [0.3, 0.4) is 0 Å². The van der Waals surface area contributed by atoms with E-state index in [9.17, 15) is 8.42 Å². The van der Waals surface area contributed by atoms with Gasteiger partial charge in [0, 0.05) is 19.6 Å². The van der Waals surface area contributed by atoms with Gasteiger partial charge in [0.1, 0.15) is 0 Å². The quantitative estimate of drug-likeness (QED) is 0.293. The summed E-state index contributed by atoms with van der Waals surface area (Å²) in [5, 5.41) is 4.31. The van der Waals surface area contributed by atoms with Crippen LogP contribution in [0, 0.1) is 5.92 Å². The minimum atomic E-state index is -3.64. The monoisotopic (exact) mass is 486 g/mol. The van der Waals surface area contributed by atoms with Crippen molar-refractivity contribution in [2.24, 2.45) is 5.92 Å². The van der Waals surface area contributed by atoms with Crippen molar-refractivity contribution >= 4 is 31.6 Å². The predicted molar refractivity (Wildman–Crippen MR) is 145 cm³/mol. The Kier molecular flexibility index (Phi) is 7.19. The second-order valence-corrected chi connectivity index (χ2v) is 11.7. The Morgan fingerprint density at radius 3 is 2.23 bits per heavy atom. The molecule has 4 aromatic carbocycles. The van der Waals surface area contributed by atoms with E-state index in [0.29, 0.717) is 23.9 Å².